The van der Waals surface area contributed by atoms with Gasteiger partial charge in [-0.05, 0) is 31.3 Å². The Morgan fingerprint density at radius 2 is 1.94 bits per heavy atom. The highest BCUT2D eigenvalue weighted by atomic mass is 32.2. The van der Waals surface area contributed by atoms with Crippen LogP contribution < -0.4 is 0 Å². The molecule has 2 atom stereocenters. The van der Waals surface area contributed by atoms with Crippen molar-refractivity contribution in [3.05, 3.63) is 0 Å². The van der Waals surface area contributed by atoms with Gasteiger partial charge in [0.1, 0.15) is 12.8 Å². The first-order valence-electron chi connectivity index (χ1n) is 6.18. The van der Waals surface area contributed by atoms with E-state index in [4.69, 9.17) is 4.18 Å². The minimum absolute atomic E-state index is 0.0760. The third-order valence-corrected chi connectivity index (χ3v) is 3.19. The molecule has 0 saturated heterocycles. The van der Waals surface area contributed by atoms with Crippen LogP contribution in [0.2, 0.25) is 0 Å². The van der Waals surface area contributed by atoms with E-state index < -0.39 is 6.10 Å². The second kappa shape index (κ2) is 8.78. The highest BCUT2D eigenvalue weighted by molar-refractivity contribution is 7.94. The Bertz CT molecular complexity index is 224. The van der Waals surface area contributed by atoms with Crippen LogP contribution in [0.15, 0.2) is 0 Å². The van der Waals surface area contributed by atoms with Crippen molar-refractivity contribution in [2.45, 2.75) is 53.2 Å². The Kier molecular flexibility index (Phi) is 8.64. The molecular weight excluding hydrogens is 238 g/mol. The first-order chi connectivity index (χ1) is 7.95. The van der Waals surface area contributed by atoms with Gasteiger partial charge in [-0.2, -0.15) is 0 Å². The van der Waals surface area contributed by atoms with Gasteiger partial charge in [0, 0.05) is 11.8 Å². The molecule has 1 N–H and O–H groups in total. The Balaban J connectivity index is 4.50. The fourth-order valence-corrected chi connectivity index (χ4v) is 1.62. The molecule has 0 aromatic heterocycles. The number of carbonyl (C=O) groups excluding carboxylic acids is 1. The number of rotatable bonds is 8. The van der Waals surface area contributed by atoms with Crippen LogP contribution in [0.1, 0.15) is 41.0 Å². The van der Waals surface area contributed by atoms with Gasteiger partial charge in [-0.1, -0.05) is 27.7 Å². The van der Waals surface area contributed by atoms with E-state index in [0.717, 1.165) is 12.2 Å². The average Bonchev–Trinajstić information content (AvgIpc) is 2.32. The number of hydrogen-bond donors (Lipinski definition) is 1. The molecule has 0 spiro atoms. The monoisotopic (exact) mass is 263 g/mol. The van der Waals surface area contributed by atoms with Crippen molar-refractivity contribution in [1.29, 1.82) is 0 Å². The molecule has 0 heterocycles. The number of aliphatic hydroxyl groups excluding tert-OH is 1. The summed E-state index contributed by atoms with van der Waals surface area (Å²) in [5.74, 6) is 0.522. The molecule has 0 aliphatic heterocycles. The maximum atomic E-state index is 12.1. The van der Waals surface area contributed by atoms with Crippen LogP contribution in [0, 0.1) is 5.92 Å². The van der Waals surface area contributed by atoms with Crippen LogP contribution in [-0.4, -0.2) is 40.5 Å². The van der Waals surface area contributed by atoms with Crippen LogP contribution >= 0.6 is 12.0 Å². The summed E-state index contributed by atoms with van der Waals surface area (Å²) in [7, 11) is 0. The van der Waals surface area contributed by atoms with Crippen molar-refractivity contribution < 1.29 is 14.1 Å². The number of carbonyl (C=O) groups is 1. The number of amides is 1. The summed E-state index contributed by atoms with van der Waals surface area (Å²) in [6.07, 6.45) is -0.101. The molecule has 4 nitrogen and oxygen atoms in total. The molecule has 102 valence electrons. The second-order valence-corrected chi connectivity index (χ2v) is 5.46. The highest BCUT2D eigenvalue weighted by Gasteiger charge is 2.27. The van der Waals surface area contributed by atoms with Crippen LogP contribution in [0.4, 0.5) is 0 Å². The van der Waals surface area contributed by atoms with Gasteiger partial charge in [-0.15, -0.1) is 0 Å². The van der Waals surface area contributed by atoms with Crippen molar-refractivity contribution in [3.63, 3.8) is 0 Å². The normalized spacial score (nSPS) is 14.8. The molecule has 0 aromatic carbocycles. The van der Waals surface area contributed by atoms with Gasteiger partial charge in [-0.25, -0.2) is 0 Å². The molecule has 0 rings (SSSR count). The lowest BCUT2D eigenvalue weighted by Gasteiger charge is -2.30. The van der Waals surface area contributed by atoms with Crippen molar-refractivity contribution in [1.82, 2.24) is 4.90 Å². The van der Waals surface area contributed by atoms with E-state index in [9.17, 15) is 9.90 Å². The zero-order chi connectivity index (χ0) is 13.4. The predicted octanol–water partition coefficient (Wildman–Crippen LogP) is 2.27. The molecule has 0 saturated carbocycles. The lowest BCUT2D eigenvalue weighted by Crippen LogP contribution is -2.46. The molecule has 0 bridgehead atoms. The topological polar surface area (TPSA) is 49.8 Å². The quantitative estimate of drug-likeness (QED) is 0.415. The molecule has 5 heteroatoms. The van der Waals surface area contributed by atoms with Gasteiger partial charge >= 0.3 is 0 Å². The van der Waals surface area contributed by atoms with E-state index in [-0.39, 0.29) is 24.6 Å². The maximum Gasteiger partial charge on any atom is 0.253 e. The molecule has 17 heavy (non-hydrogen) atoms. The SMILES string of the molecule is CCSOCN(C(=O)C(O)C(C)C)C(C)CC. The summed E-state index contributed by atoms with van der Waals surface area (Å²) < 4.78 is 5.33. The molecule has 0 aliphatic rings. The molecule has 0 fully saturated rings. The van der Waals surface area contributed by atoms with Gasteiger partial charge < -0.3 is 10.0 Å². The van der Waals surface area contributed by atoms with E-state index in [1.807, 2.05) is 34.6 Å². The predicted molar refractivity (Wildman–Crippen MR) is 71.5 cm³/mol. The summed E-state index contributed by atoms with van der Waals surface area (Å²) in [6.45, 7) is 9.86. The summed E-state index contributed by atoms with van der Waals surface area (Å²) in [5, 5.41) is 9.81. The maximum absolute atomic E-state index is 12.1. The molecular formula is C12H25NO3S. The van der Waals surface area contributed by atoms with Crippen molar-refractivity contribution in [2.75, 3.05) is 12.5 Å². The Morgan fingerprint density at radius 3 is 2.35 bits per heavy atom. The average molecular weight is 263 g/mol. The van der Waals surface area contributed by atoms with E-state index in [1.165, 1.54) is 12.0 Å². The third kappa shape index (κ3) is 5.75. The van der Waals surface area contributed by atoms with Crippen molar-refractivity contribution >= 4 is 17.9 Å². The van der Waals surface area contributed by atoms with E-state index >= 15 is 0 Å². The van der Waals surface area contributed by atoms with Gasteiger partial charge in [0.15, 0.2) is 0 Å². The second-order valence-electron chi connectivity index (χ2n) is 4.41. The lowest BCUT2D eigenvalue weighted by atomic mass is 10.1. The van der Waals surface area contributed by atoms with Crippen molar-refractivity contribution in [3.8, 4) is 0 Å². The van der Waals surface area contributed by atoms with Crippen molar-refractivity contribution in [2.24, 2.45) is 5.92 Å². The van der Waals surface area contributed by atoms with Gasteiger partial charge in [0.25, 0.3) is 5.91 Å². The van der Waals surface area contributed by atoms with Gasteiger partial charge in [0.2, 0.25) is 0 Å². The number of nitrogens with zero attached hydrogens (tertiary/aromatic N) is 1. The van der Waals surface area contributed by atoms with Crippen LogP contribution in [0.5, 0.6) is 0 Å². The van der Waals surface area contributed by atoms with E-state index in [2.05, 4.69) is 0 Å². The fourth-order valence-electron chi connectivity index (χ4n) is 1.26. The van der Waals surface area contributed by atoms with Crippen LogP contribution in [0.25, 0.3) is 0 Å². The Morgan fingerprint density at radius 1 is 1.35 bits per heavy atom. The van der Waals surface area contributed by atoms with Gasteiger partial charge in [0.05, 0.1) is 0 Å². The summed E-state index contributed by atoms with van der Waals surface area (Å²) in [5.41, 5.74) is 0. The zero-order valence-electron chi connectivity index (χ0n) is 11.5. The lowest BCUT2D eigenvalue weighted by molar-refractivity contribution is -0.147. The minimum Gasteiger partial charge on any atom is -0.383 e. The molecule has 0 radical (unpaired) electrons. The minimum atomic E-state index is -0.945. The zero-order valence-corrected chi connectivity index (χ0v) is 12.3. The molecule has 1 amide bonds. The largest absolute Gasteiger partial charge is 0.383 e. The van der Waals surface area contributed by atoms with Crippen LogP contribution in [-0.2, 0) is 8.98 Å². The molecule has 2 unspecified atom stereocenters. The Hall–Kier alpha value is -0.260. The first-order valence-corrected chi connectivity index (χ1v) is 7.09. The van der Waals surface area contributed by atoms with Gasteiger partial charge in [-0.3, -0.25) is 8.98 Å². The highest BCUT2D eigenvalue weighted by Crippen LogP contribution is 2.13. The van der Waals surface area contributed by atoms with E-state index in [0.29, 0.717) is 0 Å². The summed E-state index contributed by atoms with van der Waals surface area (Å²) >= 11 is 1.33. The first kappa shape index (κ1) is 16.7. The Labute approximate surface area is 109 Å². The smallest absolute Gasteiger partial charge is 0.253 e. The molecule has 0 aromatic rings. The summed E-state index contributed by atoms with van der Waals surface area (Å²) in [6, 6.07) is 0.0772. The number of aliphatic hydroxyl groups is 1. The molecule has 0 aliphatic carbocycles. The van der Waals surface area contributed by atoms with E-state index in [1.54, 1.807) is 4.90 Å². The standard InChI is InChI=1S/C12H25NO3S/c1-6-10(5)13(8-16-17-7-2)12(15)11(14)9(3)4/h9-11,14H,6-8H2,1-5H3. The van der Waals surface area contributed by atoms with Crippen LogP contribution in [0.3, 0.4) is 0 Å². The summed E-state index contributed by atoms with van der Waals surface area (Å²) in [4.78, 5) is 13.7. The number of hydrogen-bond acceptors (Lipinski definition) is 4. The third-order valence-electron chi connectivity index (χ3n) is 2.68. The fraction of sp³-hybridized carbons (Fsp3) is 0.917.